The molecule has 6 rings (SSSR count). The molecule has 0 fully saturated rings. The first-order chi connectivity index (χ1) is 13.8. The Kier molecular flexibility index (Phi) is 3.22. The molecular weight excluding hydrogens is 368 g/mol. The zero-order valence-electron chi connectivity index (χ0n) is 14.7. The SMILES string of the molecule is Clc1ccc(-c2cnc3c(n2)oc2c4ccccc4c4ccccc4c32)cc1. The summed E-state index contributed by atoms with van der Waals surface area (Å²) in [5.41, 5.74) is 3.88. The smallest absolute Gasteiger partial charge is 0.246 e. The van der Waals surface area contributed by atoms with Crippen molar-refractivity contribution in [3.8, 4) is 11.3 Å². The summed E-state index contributed by atoms with van der Waals surface area (Å²) in [6, 6.07) is 24.2. The summed E-state index contributed by atoms with van der Waals surface area (Å²) < 4.78 is 6.26. The Bertz CT molecular complexity index is 1520. The average molecular weight is 381 g/mol. The van der Waals surface area contributed by atoms with Crippen LogP contribution in [0.4, 0.5) is 0 Å². The predicted molar refractivity (Wildman–Crippen MR) is 115 cm³/mol. The lowest BCUT2D eigenvalue weighted by molar-refractivity contribution is 0.657. The van der Waals surface area contributed by atoms with E-state index in [1.807, 2.05) is 36.4 Å². The van der Waals surface area contributed by atoms with E-state index in [-0.39, 0.29) is 0 Å². The van der Waals surface area contributed by atoms with Gasteiger partial charge >= 0.3 is 0 Å². The molecule has 2 heterocycles. The summed E-state index contributed by atoms with van der Waals surface area (Å²) in [7, 11) is 0. The minimum Gasteiger partial charge on any atom is -0.436 e. The van der Waals surface area contributed by atoms with Crippen LogP contribution in [0.2, 0.25) is 5.02 Å². The van der Waals surface area contributed by atoms with Gasteiger partial charge in [-0.3, -0.25) is 0 Å². The van der Waals surface area contributed by atoms with Crippen LogP contribution >= 0.6 is 11.6 Å². The minimum atomic E-state index is 0.545. The molecule has 2 aromatic heterocycles. The molecule has 0 aliphatic rings. The van der Waals surface area contributed by atoms with Gasteiger partial charge in [0.1, 0.15) is 11.1 Å². The average Bonchev–Trinajstić information content (AvgIpc) is 3.14. The molecule has 0 aliphatic carbocycles. The van der Waals surface area contributed by atoms with Crippen LogP contribution in [0, 0.1) is 0 Å². The highest BCUT2D eigenvalue weighted by atomic mass is 35.5. The van der Waals surface area contributed by atoms with Gasteiger partial charge in [0.25, 0.3) is 0 Å². The number of fused-ring (bicyclic) bond motifs is 8. The zero-order valence-corrected chi connectivity index (χ0v) is 15.4. The summed E-state index contributed by atoms with van der Waals surface area (Å²) in [6.45, 7) is 0. The van der Waals surface area contributed by atoms with Crippen molar-refractivity contribution in [3.05, 3.63) is 84.0 Å². The highest BCUT2D eigenvalue weighted by molar-refractivity contribution is 6.30. The number of benzene rings is 4. The molecule has 0 aliphatic heterocycles. The fourth-order valence-corrected chi connectivity index (χ4v) is 4.05. The van der Waals surface area contributed by atoms with Gasteiger partial charge in [0.2, 0.25) is 5.71 Å². The lowest BCUT2D eigenvalue weighted by Gasteiger charge is -2.05. The van der Waals surface area contributed by atoms with Gasteiger partial charge in [-0.25, -0.2) is 9.97 Å². The fraction of sp³-hybridized carbons (Fsp3) is 0. The topological polar surface area (TPSA) is 38.9 Å². The molecule has 4 heteroatoms. The molecule has 6 aromatic rings. The Morgan fingerprint density at radius 3 is 2.11 bits per heavy atom. The summed E-state index contributed by atoms with van der Waals surface area (Å²) in [5.74, 6) is 0. The maximum Gasteiger partial charge on any atom is 0.246 e. The van der Waals surface area contributed by atoms with Crippen molar-refractivity contribution >= 4 is 55.3 Å². The number of aromatic nitrogens is 2. The third-order valence-electron chi connectivity index (χ3n) is 5.20. The lowest BCUT2D eigenvalue weighted by atomic mass is 9.98. The first kappa shape index (κ1) is 15.6. The largest absolute Gasteiger partial charge is 0.436 e. The Labute approximate surface area is 165 Å². The van der Waals surface area contributed by atoms with E-state index in [1.165, 1.54) is 10.8 Å². The first-order valence-corrected chi connectivity index (χ1v) is 9.42. The van der Waals surface area contributed by atoms with E-state index in [1.54, 1.807) is 6.20 Å². The number of nitrogens with zero attached hydrogens (tertiary/aromatic N) is 2. The van der Waals surface area contributed by atoms with Gasteiger partial charge < -0.3 is 4.42 Å². The highest BCUT2D eigenvalue weighted by Crippen LogP contribution is 2.39. The molecule has 0 atom stereocenters. The molecule has 28 heavy (non-hydrogen) atoms. The zero-order chi connectivity index (χ0) is 18.7. The molecule has 0 N–H and O–H groups in total. The Morgan fingerprint density at radius 2 is 1.36 bits per heavy atom. The highest BCUT2D eigenvalue weighted by Gasteiger charge is 2.17. The molecule has 0 saturated carbocycles. The summed E-state index contributed by atoms with van der Waals surface area (Å²) in [4.78, 5) is 9.49. The van der Waals surface area contributed by atoms with Crippen LogP contribution in [-0.2, 0) is 0 Å². The molecule has 0 radical (unpaired) electrons. The molecule has 4 aromatic carbocycles. The van der Waals surface area contributed by atoms with Crippen molar-refractivity contribution < 1.29 is 4.42 Å². The van der Waals surface area contributed by atoms with E-state index in [2.05, 4.69) is 36.4 Å². The van der Waals surface area contributed by atoms with E-state index in [4.69, 9.17) is 26.0 Å². The predicted octanol–water partition coefficient (Wildman–Crippen LogP) is 7.00. The van der Waals surface area contributed by atoms with Gasteiger partial charge in [-0.2, -0.15) is 0 Å². The summed E-state index contributed by atoms with van der Waals surface area (Å²) in [5, 5.41) is 6.27. The molecule has 0 saturated heterocycles. The fourth-order valence-electron chi connectivity index (χ4n) is 3.92. The molecule has 0 spiro atoms. The molecule has 0 bridgehead atoms. The van der Waals surface area contributed by atoms with Crippen molar-refractivity contribution in [2.24, 2.45) is 0 Å². The van der Waals surface area contributed by atoms with Gasteiger partial charge in [0.15, 0.2) is 0 Å². The van der Waals surface area contributed by atoms with Crippen LogP contribution in [0.1, 0.15) is 0 Å². The van der Waals surface area contributed by atoms with E-state index < -0.39 is 0 Å². The van der Waals surface area contributed by atoms with Crippen LogP contribution in [-0.4, -0.2) is 9.97 Å². The molecule has 132 valence electrons. The van der Waals surface area contributed by atoms with E-state index in [9.17, 15) is 0 Å². The van der Waals surface area contributed by atoms with Gasteiger partial charge in [-0.15, -0.1) is 0 Å². The third kappa shape index (κ3) is 2.17. The van der Waals surface area contributed by atoms with Crippen LogP contribution in [0.15, 0.2) is 83.4 Å². The van der Waals surface area contributed by atoms with Crippen molar-refractivity contribution in [2.45, 2.75) is 0 Å². The second kappa shape index (κ2) is 5.78. The molecule has 0 unspecified atom stereocenters. The van der Waals surface area contributed by atoms with E-state index in [0.717, 1.165) is 38.5 Å². The number of halogens is 1. The monoisotopic (exact) mass is 380 g/mol. The van der Waals surface area contributed by atoms with Gasteiger partial charge in [0.05, 0.1) is 17.3 Å². The first-order valence-electron chi connectivity index (χ1n) is 9.04. The number of furan rings is 1. The number of hydrogen-bond donors (Lipinski definition) is 0. The maximum absolute atomic E-state index is 6.26. The van der Waals surface area contributed by atoms with Crippen LogP contribution < -0.4 is 0 Å². The second-order valence-electron chi connectivity index (χ2n) is 6.81. The van der Waals surface area contributed by atoms with Gasteiger partial charge in [0, 0.05) is 16.0 Å². The van der Waals surface area contributed by atoms with Gasteiger partial charge in [-0.1, -0.05) is 72.3 Å². The van der Waals surface area contributed by atoms with Crippen LogP contribution in [0.5, 0.6) is 0 Å². The van der Waals surface area contributed by atoms with E-state index in [0.29, 0.717) is 10.7 Å². The maximum atomic E-state index is 6.26. The number of hydrogen-bond acceptors (Lipinski definition) is 3. The Hall–Kier alpha value is -3.43. The summed E-state index contributed by atoms with van der Waals surface area (Å²) >= 11 is 6.00. The van der Waals surface area contributed by atoms with Crippen LogP contribution in [0.25, 0.3) is 55.0 Å². The van der Waals surface area contributed by atoms with Crippen molar-refractivity contribution in [2.75, 3.05) is 0 Å². The normalized spacial score (nSPS) is 11.8. The van der Waals surface area contributed by atoms with E-state index >= 15 is 0 Å². The Balaban J connectivity index is 1.75. The quantitative estimate of drug-likeness (QED) is 0.288. The number of rotatable bonds is 1. The van der Waals surface area contributed by atoms with Gasteiger partial charge in [-0.05, 0) is 28.3 Å². The van der Waals surface area contributed by atoms with Crippen molar-refractivity contribution in [1.29, 1.82) is 0 Å². The lowest BCUT2D eigenvalue weighted by Crippen LogP contribution is -1.86. The van der Waals surface area contributed by atoms with Crippen molar-refractivity contribution in [1.82, 2.24) is 9.97 Å². The third-order valence-corrected chi connectivity index (χ3v) is 5.45. The minimum absolute atomic E-state index is 0.545. The second-order valence-corrected chi connectivity index (χ2v) is 7.25. The van der Waals surface area contributed by atoms with Crippen LogP contribution in [0.3, 0.4) is 0 Å². The summed E-state index contributed by atoms with van der Waals surface area (Å²) in [6.07, 6.45) is 1.80. The Morgan fingerprint density at radius 1 is 0.714 bits per heavy atom. The molecule has 3 nitrogen and oxygen atoms in total. The standard InChI is InChI=1S/C24H13ClN2O/c25-15-11-9-14(10-12-15)20-13-26-22-21-18-7-3-1-5-16(18)17-6-2-4-8-19(17)23(21)28-24(22)27-20/h1-13H. The molecule has 0 amide bonds. The van der Waals surface area contributed by atoms with Crippen molar-refractivity contribution in [3.63, 3.8) is 0 Å². The molecular formula is C24H13ClN2O.